The molecule has 0 unspecified atom stereocenters. The maximum absolute atomic E-state index is 11.8. The van der Waals surface area contributed by atoms with Gasteiger partial charge in [-0.05, 0) is 24.3 Å². The summed E-state index contributed by atoms with van der Waals surface area (Å²) in [5, 5.41) is 0.719. The molecule has 2 heterocycles. The number of nitrogens with two attached hydrogens (primary N) is 1. The molecular weight excluding hydrogens is 260 g/mol. The van der Waals surface area contributed by atoms with Crippen LogP contribution in [-0.2, 0) is 0 Å². The largest absolute Gasteiger partial charge is 0.397 e. The number of pyridine rings is 2. The number of anilines is 1. The quantitative estimate of drug-likeness (QED) is 0.925. The van der Waals surface area contributed by atoms with E-state index in [1.165, 1.54) is 16.7 Å². The third-order valence-electron chi connectivity index (χ3n) is 2.37. The lowest BCUT2D eigenvalue weighted by atomic mass is 10.3. The van der Waals surface area contributed by atoms with Gasteiger partial charge in [-0.25, -0.2) is 4.98 Å². The molecule has 5 nitrogen and oxygen atoms in total. The van der Waals surface area contributed by atoms with Crippen LogP contribution in [0.15, 0.2) is 46.6 Å². The third-order valence-corrected chi connectivity index (χ3v) is 3.40. The summed E-state index contributed by atoms with van der Waals surface area (Å²) in [6.45, 7) is 0. The molecule has 0 saturated carbocycles. The molecule has 0 aliphatic carbocycles. The molecule has 0 radical (unpaired) electrons. The molecular formula is C13H14N4OS. The van der Waals surface area contributed by atoms with Gasteiger partial charge in [0.25, 0.3) is 5.91 Å². The second kappa shape index (κ2) is 5.71. The second-order valence-electron chi connectivity index (χ2n) is 4.08. The first kappa shape index (κ1) is 13.4. The molecule has 0 atom stereocenters. The molecule has 19 heavy (non-hydrogen) atoms. The Kier molecular flexibility index (Phi) is 4.01. The third kappa shape index (κ3) is 3.23. The number of hydrogen-bond donors (Lipinski definition) is 1. The molecule has 2 aromatic heterocycles. The van der Waals surface area contributed by atoms with Crippen LogP contribution in [0.1, 0.15) is 10.5 Å². The fraction of sp³-hybridized carbons (Fsp3) is 0.154. The smallest absolute Gasteiger partial charge is 0.271 e. The highest BCUT2D eigenvalue weighted by Gasteiger charge is 2.11. The van der Waals surface area contributed by atoms with E-state index in [1.54, 1.807) is 44.7 Å². The average Bonchev–Trinajstić information content (AvgIpc) is 2.41. The lowest BCUT2D eigenvalue weighted by molar-refractivity contribution is 0.0821. The summed E-state index contributed by atoms with van der Waals surface area (Å²) >= 11 is 1.41. The fourth-order valence-electron chi connectivity index (χ4n) is 1.42. The number of hydrogen-bond acceptors (Lipinski definition) is 5. The number of amides is 1. The lowest BCUT2D eigenvalue weighted by Gasteiger charge is -2.10. The van der Waals surface area contributed by atoms with E-state index in [9.17, 15) is 4.79 Å². The monoisotopic (exact) mass is 274 g/mol. The number of carbonyl (C=O) groups excluding carboxylic acids is 1. The number of carbonyl (C=O) groups is 1. The van der Waals surface area contributed by atoms with Crippen molar-refractivity contribution in [2.24, 2.45) is 0 Å². The molecule has 2 rings (SSSR count). The molecule has 0 aliphatic heterocycles. The van der Waals surface area contributed by atoms with Crippen LogP contribution in [0.4, 0.5) is 5.69 Å². The molecule has 0 spiro atoms. The second-order valence-corrected chi connectivity index (χ2v) is 5.14. The summed E-state index contributed by atoms with van der Waals surface area (Å²) in [7, 11) is 3.39. The summed E-state index contributed by atoms with van der Waals surface area (Å²) in [6, 6.07) is 7.14. The Bertz CT molecular complexity index is 601. The first-order valence-corrected chi connectivity index (χ1v) is 6.45. The van der Waals surface area contributed by atoms with Crippen LogP contribution in [0.3, 0.4) is 0 Å². The number of aromatic nitrogens is 2. The minimum Gasteiger partial charge on any atom is -0.397 e. The van der Waals surface area contributed by atoms with E-state index in [2.05, 4.69) is 9.97 Å². The number of nitrogen functional groups attached to an aromatic ring is 1. The zero-order valence-corrected chi connectivity index (χ0v) is 11.5. The predicted octanol–water partition coefficient (Wildman–Crippen LogP) is 1.91. The Balaban J connectivity index is 2.25. The minimum atomic E-state index is -0.128. The van der Waals surface area contributed by atoms with Crippen LogP contribution in [-0.4, -0.2) is 34.9 Å². The molecule has 0 aliphatic rings. The van der Waals surface area contributed by atoms with Crippen molar-refractivity contribution in [1.29, 1.82) is 0 Å². The fourth-order valence-corrected chi connectivity index (χ4v) is 2.24. The number of rotatable bonds is 3. The molecule has 98 valence electrons. The maximum atomic E-state index is 11.8. The Morgan fingerprint density at radius 1 is 1.26 bits per heavy atom. The molecule has 2 N–H and O–H groups in total. The van der Waals surface area contributed by atoms with Gasteiger partial charge in [-0.3, -0.25) is 9.78 Å². The van der Waals surface area contributed by atoms with E-state index < -0.39 is 0 Å². The first-order chi connectivity index (χ1) is 9.08. The molecule has 0 aromatic carbocycles. The highest BCUT2D eigenvalue weighted by molar-refractivity contribution is 7.99. The van der Waals surface area contributed by atoms with Gasteiger partial charge in [0.15, 0.2) is 0 Å². The van der Waals surface area contributed by atoms with Gasteiger partial charge >= 0.3 is 0 Å². The lowest BCUT2D eigenvalue weighted by Crippen LogP contribution is -2.22. The molecule has 0 fully saturated rings. The van der Waals surface area contributed by atoms with Crippen LogP contribution in [0, 0.1) is 0 Å². The summed E-state index contributed by atoms with van der Waals surface area (Å²) in [6.07, 6.45) is 3.30. The van der Waals surface area contributed by atoms with Crippen molar-refractivity contribution in [3.8, 4) is 0 Å². The summed E-state index contributed by atoms with van der Waals surface area (Å²) in [5.41, 5.74) is 6.86. The molecule has 2 aromatic rings. The van der Waals surface area contributed by atoms with E-state index >= 15 is 0 Å². The van der Waals surface area contributed by atoms with E-state index in [0.29, 0.717) is 11.4 Å². The van der Waals surface area contributed by atoms with E-state index in [1.807, 2.05) is 6.07 Å². The van der Waals surface area contributed by atoms with Gasteiger partial charge in [-0.15, -0.1) is 0 Å². The Morgan fingerprint density at radius 3 is 2.74 bits per heavy atom. The predicted molar refractivity (Wildman–Crippen MR) is 75.0 cm³/mol. The van der Waals surface area contributed by atoms with Crippen molar-refractivity contribution in [1.82, 2.24) is 14.9 Å². The Labute approximate surface area is 115 Å². The van der Waals surface area contributed by atoms with E-state index in [-0.39, 0.29) is 5.91 Å². The van der Waals surface area contributed by atoms with Crippen LogP contribution in [0.5, 0.6) is 0 Å². The first-order valence-electron chi connectivity index (χ1n) is 5.64. The zero-order valence-electron chi connectivity index (χ0n) is 10.7. The van der Waals surface area contributed by atoms with Crippen LogP contribution < -0.4 is 5.73 Å². The molecule has 6 heteroatoms. The van der Waals surface area contributed by atoms with Crippen molar-refractivity contribution in [2.45, 2.75) is 9.92 Å². The Morgan fingerprint density at radius 2 is 2.05 bits per heavy atom. The standard InChI is InChI=1S/C13H14N4OS/c1-17(2)13(18)11-8-9(5-7-15-11)19-12-10(14)4-3-6-16-12/h3-8H,14H2,1-2H3. The molecule has 0 bridgehead atoms. The van der Waals surface area contributed by atoms with Gasteiger partial charge in [0.05, 0.1) is 5.69 Å². The normalized spacial score (nSPS) is 10.2. The highest BCUT2D eigenvalue weighted by Crippen LogP contribution is 2.29. The minimum absolute atomic E-state index is 0.128. The van der Waals surface area contributed by atoms with Gasteiger partial charge in [-0.2, -0.15) is 0 Å². The van der Waals surface area contributed by atoms with Gasteiger partial charge < -0.3 is 10.6 Å². The van der Waals surface area contributed by atoms with Crippen molar-refractivity contribution in [3.05, 3.63) is 42.4 Å². The van der Waals surface area contributed by atoms with E-state index in [4.69, 9.17) is 5.73 Å². The topological polar surface area (TPSA) is 72.1 Å². The van der Waals surface area contributed by atoms with Gasteiger partial charge in [-0.1, -0.05) is 11.8 Å². The molecule has 0 saturated heterocycles. The van der Waals surface area contributed by atoms with Crippen molar-refractivity contribution < 1.29 is 4.79 Å². The van der Waals surface area contributed by atoms with Crippen molar-refractivity contribution >= 4 is 23.4 Å². The van der Waals surface area contributed by atoms with Gasteiger partial charge in [0.1, 0.15) is 10.7 Å². The van der Waals surface area contributed by atoms with Crippen LogP contribution in [0.2, 0.25) is 0 Å². The number of nitrogens with zero attached hydrogens (tertiary/aromatic N) is 3. The summed E-state index contributed by atoms with van der Waals surface area (Å²) in [4.78, 5) is 22.5. The van der Waals surface area contributed by atoms with Crippen LogP contribution in [0.25, 0.3) is 0 Å². The van der Waals surface area contributed by atoms with Crippen LogP contribution >= 0.6 is 11.8 Å². The van der Waals surface area contributed by atoms with E-state index in [0.717, 1.165) is 9.92 Å². The van der Waals surface area contributed by atoms with Crippen molar-refractivity contribution in [2.75, 3.05) is 19.8 Å². The van der Waals surface area contributed by atoms with Crippen molar-refractivity contribution in [3.63, 3.8) is 0 Å². The molecule has 1 amide bonds. The Hall–Kier alpha value is -2.08. The highest BCUT2D eigenvalue weighted by atomic mass is 32.2. The summed E-state index contributed by atoms with van der Waals surface area (Å²) in [5.74, 6) is -0.128. The average molecular weight is 274 g/mol. The SMILES string of the molecule is CN(C)C(=O)c1cc(Sc2ncccc2N)ccn1. The van der Waals surface area contributed by atoms with Gasteiger partial charge in [0.2, 0.25) is 0 Å². The van der Waals surface area contributed by atoms with Gasteiger partial charge in [0, 0.05) is 31.4 Å². The zero-order chi connectivity index (χ0) is 13.8. The maximum Gasteiger partial charge on any atom is 0.271 e. The summed E-state index contributed by atoms with van der Waals surface area (Å²) < 4.78 is 0.